The highest BCUT2D eigenvalue weighted by atomic mass is 16.3. The van der Waals surface area contributed by atoms with Gasteiger partial charge in [0, 0.05) is 25.4 Å². The van der Waals surface area contributed by atoms with E-state index in [-0.39, 0.29) is 12.5 Å². The van der Waals surface area contributed by atoms with Crippen molar-refractivity contribution in [1.29, 1.82) is 0 Å². The molecule has 1 aromatic rings. The summed E-state index contributed by atoms with van der Waals surface area (Å²) in [5.74, 6) is 0.367. The number of amides is 1. The fourth-order valence-electron chi connectivity index (χ4n) is 2.22. The molecule has 100 valence electrons. The average molecular weight is 250 g/mol. The molecule has 18 heavy (non-hydrogen) atoms. The van der Waals surface area contributed by atoms with E-state index < -0.39 is 0 Å². The third-order valence-electron chi connectivity index (χ3n) is 3.62. The van der Waals surface area contributed by atoms with Gasteiger partial charge in [-0.1, -0.05) is 13.3 Å². The van der Waals surface area contributed by atoms with Crippen molar-refractivity contribution in [3.63, 3.8) is 0 Å². The molecule has 1 unspecified atom stereocenters. The molecule has 0 spiro atoms. The maximum Gasteiger partial charge on any atom is 0.267 e. The number of nitrogens with zero attached hydrogens (tertiary/aromatic N) is 1. The van der Waals surface area contributed by atoms with E-state index in [2.05, 4.69) is 16.8 Å². The van der Waals surface area contributed by atoms with Crippen LogP contribution in [0.5, 0.6) is 0 Å². The largest absolute Gasteiger partial charge is 0.396 e. The summed E-state index contributed by atoms with van der Waals surface area (Å²) in [6.45, 7) is 2.91. The standard InChI is InChI=1S/C14H22N2O2/c1-2-11(7-9-17)10-15-14(18)13-4-3-8-16(13)12-5-6-12/h3-4,8,11-12,17H,2,5-7,9-10H2,1H3,(H,15,18). The van der Waals surface area contributed by atoms with Crippen molar-refractivity contribution in [1.82, 2.24) is 9.88 Å². The summed E-state index contributed by atoms with van der Waals surface area (Å²) < 4.78 is 2.07. The monoisotopic (exact) mass is 250 g/mol. The quantitative estimate of drug-likeness (QED) is 0.777. The number of nitrogens with one attached hydrogen (secondary N) is 1. The summed E-state index contributed by atoms with van der Waals surface area (Å²) >= 11 is 0. The van der Waals surface area contributed by atoms with E-state index in [0.717, 1.165) is 18.5 Å². The fraction of sp³-hybridized carbons (Fsp3) is 0.643. The molecule has 0 radical (unpaired) electrons. The first kappa shape index (κ1) is 13.1. The van der Waals surface area contributed by atoms with Crippen molar-refractivity contribution >= 4 is 5.91 Å². The van der Waals surface area contributed by atoms with Gasteiger partial charge >= 0.3 is 0 Å². The molecule has 0 bridgehead atoms. The van der Waals surface area contributed by atoms with E-state index in [0.29, 0.717) is 18.5 Å². The van der Waals surface area contributed by atoms with Crippen molar-refractivity contribution in [3.8, 4) is 0 Å². The predicted molar refractivity (Wildman–Crippen MR) is 70.5 cm³/mol. The van der Waals surface area contributed by atoms with Gasteiger partial charge in [-0.05, 0) is 37.3 Å². The summed E-state index contributed by atoms with van der Waals surface area (Å²) in [4.78, 5) is 12.1. The van der Waals surface area contributed by atoms with Crippen molar-refractivity contribution in [2.75, 3.05) is 13.2 Å². The van der Waals surface area contributed by atoms with E-state index >= 15 is 0 Å². The first-order chi connectivity index (χ1) is 8.76. The minimum atomic E-state index is 0.00305. The zero-order chi connectivity index (χ0) is 13.0. The summed E-state index contributed by atoms with van der Waals surface area (Å²) in [5.41, 5.74) is 0.761. The number of aromatic nitrogens is 1. The van der Waals surface area contributed by atoms with Crippen LogP contribution in [0.15, 0.2) is 18.3 Å². The SMILES string of the molecule is CCC(CCO)CNC(=O)c1cccn1C1CC1. The van der Waals surface area contributed by atoms with Crippen LogP contribution in [0.2, 0.25) is 0 Å². The van der Waals surface area contributed by atoms with Gasteiger partial charge in [-0.2, -0.15) is 0 Å². The van der Waals surface area contributed by atoms with Gasteiger partial charge in [-0.15, -0.1) is 0 Å². The highest BCUT2D eigenvalue weighted by Crippen LogP contribution is 2.35. The van der Waals surface area contributed by atoms with Crippen molar-refractivity contribution < 1.29 is 9.90 Å². The van der Waals surface area contributed by atoms with E-state index in [1.54, 1.807) is 0 Å². The van der Waals surface area contributed by atoms with Crippen LogP contribution < -0.4 is 5.32 Å². The van der Waals surface area contributed by atoms with E-state index in [9.17, 15) is 4.79 Å². The molecule has 0 aromatic carbocycles. The first-order valence-electron chi connectivity index (χ1n) is 6.82. The van der Waals surface area contributed by atoms with Gasteiger partial charge in [0.05, 0.1) is 0 Å². The van der Waals surface area contributed by atoms with Crippen LogP contribution in [0.4, 0.5) is 0 Å². The van der Waals surface area contributed by atoms with E-state index in [1.165, 1.54) is 12.8 Å². The van der Waals surface area contributed by atoms with Gasteiger partial charge < -0.3 is 15.0 Å². The average Bonchev–Trinajstić information content (AvgIpc) is 3.11. The normalized spacial score (nSPS) is 16.6. The molecule has 1 aromatic heterocycles. The summed E-state index contributed by atoms with van der Waals surface area (Å²) in [6.07, 6.45) is 6.07. The second-order valence-corrected chi connectivity index (χ2v) is 5.03. The predicted octanol–water partition coefficient (Wildman–Crippen LogP) is 1.96. The molecule has 2 rings (SSSR count). The molecule has 0 saturated heterocycles. The third kappa shape index (κ3) is 3.13. The second kappa shape index (κ2) is 6.05. The molecule has 1 saturated carbocycles. The second-order valence-electron chi connectivity index (χ2n) is 5.03. The number of aliphatic hydroxyl groups is 1. The molecule has 2 N–H and O–H groups in total. The lowest BCUT2D eigenvalue weighted by Gasteiger charge is -2.15. The Labute approximate surface area is 108 Å². The van der Waals surface area contributed by atoms with Crippen LogP contribution >= 0.6 is 0 Å². The Hall–Kier alpha value is -1.29. The highest BCUT2D eigenvalue weighted by Gasteiger charge is 2.26. The van der Waals surface area contributed by atoms with Crippen molar-refractivity contribution in [3.05, 3.63) is 24.0 Å². The molecule has 1 aliphatic rings. The number of carbonyl (C=O) groups is 1. The van der Waals surface area contributed by atoms with Crippen LogP contribution in [0, 0.1) is 5.92 Å². The Kier molecular flexibility index (Phi) is 4.42. The van der Waals surface area contributed by atoms with Crippen LogP contribution in [0.3, 0.4) is 0 Å². The van der Waals surface area contributed by atoms with Gasteiger partial charge in [0.15, 0.2) is 0 Å². The number of aliphatic hydroxyl groups excluding tert-OH is 1. The number of rotatable bonds is 7. The molecule has 1 heterocycles. The van der Waals surface area contributed by atoms with Crippen LogP contribution in [-0.2, 0) is 0 Å². The molecule has 1 fully saturated rings. The first-order valence-corrected chi connectivity index (χ1v) is 6.82. The van der Waals surface area contributed by atoms with E-state index in [1.807, 2.05) is 18.3 Å². The third-order valence-corrected chi connectivity index (χ3v) is 3.62. The molecule has 4 nitrogen and oxygen atoms in total. The Morgan fingerprint density at radius 2 is 2.39 bits per heavy atom. The number of hydrogen-bond acceptors (Lipinski definition) is 2. The molecule has 4 heteroatoms. The molecular formula is C14H22N2O2. The van der Waals surface area contributed by atoms with Crippen LogP contribution in [-0.4, -0.2) is 28.7 Å². The lowest BCUT2D eigenvalue weighted by atomic mass is 10.0. The molecule has 1 amide bonds. The maximum absolute atomic E-state index is 12.1. The van der Waals surface area contributed by atoms with Crippen molar-refractivity contribution in [2.24, 2.45) is 5.92 Å². The Bertz CT molecular complexity index is 396. The summed E-state index contributed by atoms with van der Waals surface area (Å²) in [5, 5.41) is 11.9. The Morgan fingerprint density at radius 1 is 1.61 bits per heavy atom. The van der Waals surface area contributed by atoms with Gasteiger partial charge in [0.1, 0.15) is 5.69 Å². The maximum atomic E-state index is 12.1. The fourth-order valence-corrected chi connectivity index (χ4v) is 2.22. The van der Waals surface area contributed by atoms with Crippen LogP contribution in [0.25, 0.3) is 0 Å². The van der Waals surface area contributed by atoms with Crippen molar-refractivity contribution in [2.45, 2.75) is 38.6 Å². The molecule has 1 aliphatic carbocycles. The molecule has 0 aliphatic heterocycles. The van der Waals surface area contributed by atoms with Gasteiger partial charge in [0.25, 0.3) is 5.91 Å². The smallest absolute Gasteiger partial charge is 0.267 e. The summed E-state index contributed by atoms with van der Waals surface area (Å²) in [6, 6.07) is 4.33. The zero-order valence-corrected chi connectivity index (χ0v) is 10.9. The Balaban J connectivity index is 1.88. The lowest BCUT2D eigenvalue weighted by Crippen LogP contribution is -2.31. The lowest BCUT2D eigenvalue weighted by molar-refractivity contribution is 0.0934. The highest BCUT2D eigenvalue weighted by molar-refractivity contribution is 5.92. The zero-order valence-electron chi connectivity index (χ0n) is 10.9. The summed E-state index contributed by atoms with van der Waals surface area (Å²) in [7, 11) is 0. The topological polar surface area (TPSA) is 54.3 Å². The minimum absolute atomic E-state index is 0.00305. The molecular weight excluding hydrogens is 228 g/mol. The number of carbonyl (C=O) groups excluding carboxylic acids is 1. The van der Waals surface area contributed by atoms with Gasteiger partial charge in [-0.25, -0.2) is 0 Å². The van der Waals surface area contributed by atoms with Gasteiger partial charge in [-0.3, -0.25) is 4.79 Å². The van der Waals surface area contributed by atoms with Gasteiger partial charge in [0.2, 0.25) is 0 Å². The van der Waals surface area contributed by atoms with E-state index in [4.69, 9.17) is 5.11 Å². The molecule has 1 atom stereocenters. The minimum Gasteiger partial charge on any atom is -0.396 e. The van der Waals surface area contributed by atoms with Crippen LogP contribution in [0.1, 0.15) is 49.1 Å². The Morgan fingerprint density at radius 3 is 3.00 bits per heavy atom. The number of hydrogen-bond donors (Lipinski definition) is 2.